The molecule has 1 heterocycles. The number of methoxy groups -OCH3 is 1. The molecule has 1 aromatic heterocycles. The number of rotatable bonds is 11. The highest BCUT2D eigenvalue weighted by Crippen LogP contribution is 2.36. The fourth-order valence-electron chi connectivity index (χ4n) is 5.52. The summed E-state index contributed by atoms with van der Waals surface area (Å²) >= 11 is 5.98. The number of hydrogen-bond donors (Lipinski definition) is 3. The number of aromatic nitrogens is 2. The highest BCUT2D eigenvalue weighted by Gasteiger charge is 2.35. The number of nitrogens with one attached hydrogen (secondary N) is 2. The number of aryl methyl sites for hydroxylation is 1. The SMILES string of the molecule is COc1nc(Nc2cccc(Cl)c2F)c2cc(OC3CCC([C@@H](C(=O)O)N(C)CCNC(=O)OC(C)(C)C)CC3)c(C)cc2n1. The van der Waals surface area contributed by atoms with Gasteiger partial charge in [0.2, 0.25) is 0 Å². The zero-order valence-electron chi connectivity index (χ0n) is 26.4. The van der Waals surface area contributed by atoms with Crippen LogP contribution in [0, 0.1) is 18.7 Å². The zero-order valence-corrected chi connectivity index (χ0v) is 27.2. The Hall–Kier alpha value is -3.90. The van der Waals surface area contributed by atoms with E-state index in [2.05, 4.69) is 20.6 Å². The molecule has 1 amide bonds. The third-order valence-electron chi connectivity index (χ3n) is 7.68. The van der Waals surface area contributed by atoms with Crippen LogP contribution in [-0.4, -0.2) is 77.0 Å². The van der Waals surface area contributed by atoms with E-state index in [9.17, 15) is 19.1 Å². The fraction of sp³-hybridized carbons (Fsp3) is 0.500. The average Bonchev–Trinajstić information content (AvgIpc) is 2.95. The van der Waals surface area contributed by atoms with Crippen LogP contribution < -0.4 is 20.1 Å². The van der Waals surface area contributed by atoms with Crippen molar-refractivity contribution >= 4 is 46.1 Å². The van der Waals surface area contributed by atoms with Crippen LogP contribution in [0.1, 0.15) is 52.0 Å². The predicted molar refractivity (Wildman–Crippen MR) is 170 cm³/mol. The van der Waals surface area contributed by atoms with Gasteiger partial charge in [0, 0.05) is 18.5 Å². The van der Waals surface area contributed by atoms with Crippen molar-refractivity contribution in [3.8, 4) is 11.8 Å². The van der Waals surface area contributed by atoms with Gasteiger partial charge in [0.1, 0.15) is 23.2 Å². The smallest absolute Gasteiger partial charge is 0.407 e. The van der Waals surface area contributed by atoms with E-state index >= 15 is 0 Å². The maximum Gasteiger partial charge on any atom is 0.407 e. The van der Waals surface area contributed by atoms with Gasteiger partial charge >= 0.3 is 18.1 Å². The second kappa shape index (κ2) is 14.5. The normalized spacial score (nSPS) is 17.5. The Morgan fingerprint density at radius 3 is 2.53 bits per heavy atom. The number of anilines is 2. The van der Waals surface area contributed by atoms with Crippen LogP contribution in [0.4, 0.5) is 20.7 Å². The first-order chi connectivity index (χ1) is 21.3. The molecule has 1 atom stereocenters. The molecule has 3 N–H and O–H groups in total. The number of halogens is 2. The second-order valence-corrected chi connectivity index (χ2v) is 12.7. The molecule has 11 nitrogen and oxygen atoms in total. The number of alkyl carbamates (subject to hydrolysis) is 1. The molecule has 244 valence electrons. The standard InChI is InChI=1S/C32H41ClFN5O6/c1-18-16-24-21(28(38-30(37-24)43-6)36-23-9-7-8-22(33)26(23)34)17-25(18)44-20-12-10-19(11-13-20)27(29(40)41)39(5)15-14-35-31(42)45-32(2,3)4/h7-9,16-17,19-20,27H,10-15H2,1-6H3,(H,35,42)(H,40,41)(H,36,37,38)/t19?,20?,27-/m0/s1. The lowest BCUT2D eigenvalue weighted by Crippen LogP contribution is -2.48. The molecule has 4 rings (SSSR count). The van der Waals surface area contributed by atoms with Crippen LogP contribution in [0.25, 0.3) is 10.9 Å². The number of carboxylic acids is 1. The predicted octanol–water partition coefficient (Wildman–Crippen LogP) is 6.33. The molecule has 1 fully saturated rings. The highest BCUT2D eigenvalue weighted by molar-refractivity contribution is 6.31. The zero-order chi connectivity index (χ0) is 32.9. The minimum atomic E-state index is -0.892. The van der Waals surface area contributed by atoms with Crippen molar-refractivity contribution in [2.24, 2.45) is 5.92 Å². The van der Waals surface area contributed by atoms with Crippen LogP contribution >= 0.6 is 11.6 Å². The number of carboxylic acid groups (broad SMARTS) is 1. The second-order valence-electron chi connectivity index (χ2n) is 12.3. The number of nitrogens with zero attached hydrogens (tertiary/aromatic N) is 3. The topological polar surface area (TPSA) is 135 Å². The number of carbonyl (C=O) groups excluding carboxylic acids is 1. The largest absolute Gasteiger partial charge is 0.490 e. The van der Waals surface area contributed by atoms with Gasteiger partial charge in [-0.1, -0.05) is 17.7 Å². The molecule has 0 radical (unpaired) electrons. The molecule has 45 heavy (non-hydrogen) atoms. The van der Waals surface area contributed by atoms with Crippen LogP contribution in [-0.2, 0) is 9.53 Å². The quantitative estimate of drug-likeness (QED) is 0.217. The van der Waals surface area contributed by atoms with Crippen LogP contribution in [0.3, 0.4) is 0 Å². The van der Waals surface area contributed by atoms with Gasteiger partial charge in [0.05, 0.1) is 29.4 Å². The summed E-state index contributed by atoms with van der Waals surface area (Å²) in [5.41, 5.74) is 0.993. The van der Waals surface area contributed by atoms with Crippen molar-refractivity contribution in [1.29, 1.82) is 0 Å². The monoisotopic (exact) mass is 645 g/mol. The number of fused-ring (bicyclic) bond motifs is 1. The minimum absolute atomic E-state index is 0.0189. The molecule has 0 aliphatic heterocycles. The molecule has 0 saturated heterocycles. The number of ether oxygens (including phenoxy) is 3. The van der Waals surface area contributed by atoms with Crippen molar-refractivity contribution < 1.29 is 33.3 Å². The molecular formula is C32H41ClFN5O6. The Morgan fingerprint density at radius 1 is 1.18 bits per heavy atom. The van der Waals surface area contributed by atoms with E-state index in [0.717, 1.165) is 5.56 Å². The van der Waals surface area contributed by atoms with E-state index in [1.165, 1.54) is 13.2 Å². The Balaban J connectivity index is 1.43. The van der Waals surface area contributed by atoms with Crippen LogP contribution in [0.15, 0.2) is 30.3 Å². The van der Waals surface area contributed by atoms with E-state index in [-0.39, 0.29) is 35.3 Å². The summed E-state index contributed by atoms with van der Waals surface area (Å²) in [6.45, 7) is 7.90. The molecule has 0 unspecified atom stereocenters. The van der Waals surface area contributed by atoms with Crippen molar-refractivity contribution in [1.82, 2.24) is 20.2 Å². The summed E-state index contributed by atoms with van der Waals surface area (Å²) in [5, 5.41) is 16.3. The highest BCUT2D eigenvalue weighted by atomic mass is 35.5. The molecular weight excluding hydrogens is 605 g/mol. The number of hydrogen-bond acceptors (Lipinski definition) is 9. The van der Waals surface area contributed by atoms with Gasteiger partial charge in [-0.2, -0.15) is 9.97 Å². The van der Waals surface area contributed by atoms with E-state index < -0.39 is 29.5 Å². The Morgan fingerprint density at radius 2 is 1.89 bits per heavy atom. The lowest BCUT2D eigenvalue weighted by atomic mass is 9.82. The van der Waals surface area contributed by atoms with Crippen molar-refractivity contribution in [3.63, 3.8) is 0 Å². The molecule has 13 heteroatoms. The third-order valence-corrected chi connectivity index (χ3v) is 7.97. The lowest BCUT2D eigenvalue weighted by molar-refractivity contribution is -0.145. The Kier molecular flexibility index (Phi) is 10.9. The number of carbonyl (C=O) groups is 2. The number of benzene rings is 2. The van der Waals surface area contributed by atoms with Gasteiger partial charge in [0.25, 0.3) is 0 Å². The van der Waals surface area contributed by atoms with Crippen molar-refractivity contribution in [3.05, 3.63) is 46.7 Å². The summed E-state index contributed by atoms with van der Waals surface area (Å²) in [7, 11) is 3.22. The minimum Gasteiger partial charge on any atom is -0.490 e. The first-order valence-corrected chi connectivity index (χ1v) is 15.3. The van der Waals surface area contributed by atoms with Gasteiger partial charge in [0.15, 0.2) is 5.82 Å². The maximum atomic E-state index is 14.7. The van der Waals surface area contributed by atoms with Crippen molar-refractivity contribution in [2.45, 2.75) is 71.1 Å². The van der Waals surface area contributed by atoms with Crippen LogP contribution in [0.5, 0.6) is 11.8 Å². The van der Waals surface area contributed by atoms with E-state index in [0.29, 0.717) is 54.7 Å². The molecule has 1 aliphatic carbocycles. The lowest BCUT2D eigenvalue weighted by Gasteiger charge is -2.36. The summed E-state index contributed by atoms with van der Waals surface area (Å²) in [5.74, 6) is -0.601. The molecule has 2 aromatic carbocycles. The average molecular weight is 646 g/mol. The summed E-state index contributed by atoms with van der Waals surface area (Å²) in [6.07, 6.45) is 2.03. The summed E-state index contributed by atoms with van der Waals surface area (Å²) < 4.78 is 31.7. The van der Waals surface area contributed by atoms with E-state index in [1.807, 2.05) is 19.1 Å². The number of likely N-dealkylation sites (N-methyl/N-ethyl adjacent to an activating group) is 1. The third kappa shape index (κ3) is 8.85. The summed E-state index contributed by atoms with van der Waals surface area (Å²) in [6, 6.07) is 7.78. The Bertz CT molecular complexity index is 1530. The molecule has 3 aromatic rings. The molecule has 0 bridgehead atoms. The molecule has 1 saturated carbocycles. The number of amides is 1. The molecule has 0 spiro atoms. The van der Waals surface area contributed by atoms with E-state index in [4.69, 9.17) is 25.8 Å². The first kappa shape index (κ1) is 34.0. The van der Waals surface area contributed by atoms with Gasteiger partial charge in [-0.05, 0) is 96.2 Å². The fourth-order valence-corrected chi connectivity index (χ4v) is 5.69. The Labute approximate surface area is 267 Å². The van der Waals surface area contributed by atoms with Crippen molar-refractivity contribution in [2.75, 3.05) is 32.6 Å². The van der Waals surface area contributed by atoms with Gasteiger partial charge in [-0.25, -0.2) is 9.18 Å². The summed E-state index contributed by atoms with van der Waals surface area (Å²) in [4.78, 5) is 34.9. The van der Waals surface area contributed by atoms with Gasteiger partial charge in [-0.3, -0.25) is 9.69 Å². The number of aliphatic carboxylic acids is 1. The molecule has 1 aliphatic rings. The van der Waals surface area contributed by atoms with Gasteiger partial charge < -0.3 is 30.0 Å². The maximum absolute atomic E-state index is 14.7. The first-order valence-electron chi connectivity index (χ1n) is 14.9. The van der Waals surface area contributed by atoms with Crippen LogP contribution in [0.2, 0.25) is 5.02 Å². The van der Waals surface area contributed by atoms with Gasteiger partial charge in [-0.15, -0.1) is 0 Å². The van der Waals surface area contributed by atoms with E-state index in [1.54, 1.807) is 44.9 Å².